The number of hydrogen-bond acceptors (Lipinski definition) is 4. The predicted octanol–water partition coefficient (Wildman–Crippen LogP) is 6.30. The summed E-state index contributed by atoms with van der Waals surface area (Å²) in [7, 11) is 0. The van der Waals surface area contributed by atoms with Gasteiger partial charge in [-0.05, 0) is 73.4 Å². The molecule has 3 aromatic rings. The Morgan fingerprint density at radius 2 is 1.80 bits per heavy atom. The van der Waals surface area contributed by atoms with Crippen LogP contribution >= 0.6 is 0 Å². The standard InChI is InChI=1S/C29H32N2O4/c1-5-34-26-9-7-6-8-25(26)31-18-21(17-28(31)32)29(33)30-22-11-13-23(14-12-22)35-27-16-20(4)10-15-24(27)19(2)3/h6-16,19,21H,5,17-18H2,1-4H3,(H,30,33)/t21-/m0/s1. The molecule has 0 aliphatic carbocycles. The molecule has 0 radical (unpaired) electrons. The largest absolute Gasteiger partial charge is 0.492 e. The first-order valence-electron chi connectivity index (χ1n) is 12.1. The first-order chi connectivity index (χ1) is 16.9. The van der Waals surface area contributed by atoms with Crippen molar-refractivity contribution in [1.29, 1.82) is 0 Å². The molecule has 2 amide bonds. The van der Waals surface area contributed by atoms with Crippen molar-refractivity contribution in [1.82, 2.24) is 0 Å². The summed E-state index contributed by atoms with van der Waals surface area (Å²) in [6, 6.07) is 21.0. The van der Waals surface area contributed by atoms with Gasteiger partial charge in [-0.3, -0.25) is 9.59 Å². The number of carbonyl (C=O) groups is 2. The highest BCUT2D eigenvalue weighted by atomic mass is 16.5. The van der Waals surface area contributed by atoms with Crippen LogP contribution in [0.2, 0.25) is 0 Å². The molecule has 0 spiro atoms. The summed E-state index contributed by atoms with van der Waals surface area (Å²) in [5.74, 6) is 1.84. The Balaban J connectivity index is 1.41. The molecule has 1 aliphatic rings. The normalized spacial score (nSPS) is 15.4. The van der Waals surface area contributed by atoms with E-state index in [0.717, 1.165) is 16.9 Å². The molecule has 1 saturated heterocycles. The van der Waals surface area contributed by atoms with Crippen LogP contribution in [0, 0.1) is 12.8 Å². The van der Waals surface area contributed by atoms with Crippen LogP contribution in [-0.4, -0.2) is 25.0 Å². The first-order valence-corrected chi connectivity index (χ1v) is 12.1. The minimum Gasteiger partial charge on any atom is -0.492 e. The van der Waals surface area contributed by atoms with Gasteiger partial charge >= 0.3 is 0 Å². The van der Waals surface area contributed by atoms with Gasteiger partial charge in [0.15, 0.2) is 0 Å². The van der Waals surface area contributed by atoms with Crippen LogP contribution in [0.5, 0.6) is 17.2 Å². The molecule has 1 atom stereocenters. The summed E-state index contributed by atoms with van der Waals surface area (Å²) in [5.41, 5.74) is 3.65. The lowest BCUT2D eigenvalue weighted by Gasteiger charge is -2.20. The summed E-state index contributed by atoms with van der Waals surface area (Å²) in [6.07, 6.45) is 0.166. The predicted molar refractivity (Wildman–Crippen MR) is 138 cm³/mol. The van der Waals surface area contributed by atoms with E-state index in [1.807, 2.05) is 68.4 Å². The quantitative estimate of drug-likeness (QED) is 0.418. The average Bonchev–Trinajstić information content (AvgIpc) is 3.22. The van der Waals surface area contributed by atoms with E-state index in [9.17, 15) is 9.59 Å². The summed E-state index contributed by atoms with van der Waals surface area (Å²) < 4.78 is 11.8. The molecule has 0 aromatic heterocycles. The topological polar surface area (TPSA) is 67.9 Å². The Labute approximate surface area is 206 Å². The molecule has 0 bridgehead atoms. The van der Waals surface area contributed by atoms with Gasteiger partial charge in [0.05, 0.1) is 18.2 Å². The maximum Gasteiger partial charge on any atom is 0.229 e. The minimum absolute atomic E-state index is 0.0832. The number of amides is 2. The van der Waals surface area contributed by atoms with Gasteiger partial charge in [0.1, 0.15) is 17.2 Å². The van der Waals surface area contributed by atoms with Crippen LogP contribution < -0.4 is 19.7 Å². The molecule has 1 fully saturated rings. The van der Waals surface area contributed by atoms with Gasteiger partial charge in [-0.25, -0.2) is 0 Å². The molecule has 6 heteroatoms. The molecule has 182 valence electrons. The summed E-state index contributed by atoms with van der Waals surface area (Å²) in [5, 5.41) is 2.94. The Bertz CT molecular complexity index is 1200. The van der Waals surface area contributed by atoms with E-state index >= 15 is 0 Å². The van der Waals surface area contributed by atoms with Crippen LogP contribution in [0.15, 0.2) is 66.7 Å². The lowest BCUT2D eigenvalue weighted by Crippen LogP contribution is -2.28. The number of benzene rings is 3. The van der Waals surface area contributed by atoms with E-state index in [1.54, 1.807) is 4.90 Å². The van der Waals surface area contributed by atoms with E-state index in [-0.39, 0.29) is 18.2 Å². The number of anilines is 2. The third-order valence-electron chi connectivity index (χ3n) is 6.09. The van der Waals surface area contributed by atoms with E-state index in [4.69, 9.17) is 9.47 Å². The number of carbonyl (C=O) groups excluding carboxylic acids is 2. The summed E-state index contributed by atoms with van der Waals surface area (Å²) >= 11 is 0. The SMILES string of the molecule is CCOc1ccccc1N1C[C@@H](C(=O)Nc2ccc(Oc3cc(C)ccc3C(C)C)cc2)CC1=O. The second-order valence-electron chi connectivity index (χ2n) is 9.12. The summed E-state index contributed by atoms with van der Waals surface area (Å²) in [6.45, 7) is 9.05. The number of ether oxygens (including phenoxy) is 2. The molecule has 4 rings (SSSR count). The van der Waals surface area contributed by atoms with Crippen molar-refractivity contribution in [3.63, 3.8) is 0 Å². The van der Waals surface area contributed by atoms with Crippen molar-refractivity contribution in [3.05, 3.63) is 77.9 Å². The van der Waals surface area contributed by atoms with Crippen LogP contribution in [0.1, 0.15) is 44.2 Å². The molecular weight excluding hydrogens is 440 g/mol. The highest BCUT2D eigenvalue weighted by Gasteiger charge is 2.36. The highest BCUT2D eigenvalue weighted by molar-refractivity contribution is 6.04. The molecule has 35 heavy (non-hydrogen) atoms. The fraction of sp³-hybridized carbons (Fsp3) is 0.310. The number of nitrogens with zero attached hydrogens (tertiary/aromatic N) is 1. The zero-order valence-electron chi connectivity index (χ0n) is 20.7. The zero-order valence-corrected chi connectivity index (χ0v) is 20.7. The maximum absolute atomic E-state index is 12.9. The lowest BCUT2D eigenvalue weighted by molar-refractivity contribution is -0.122. The zero-order chi connectivity index (χ0) is 24.9. The molecule has 1 aliphatic heterocycles. The van der Waals surface area contributed by atoms with Crippen molar-refractivity contribution in [3.8, 4) is 17.2 Å². The molecule has 1 heterocycles. The van der Waals surface area contributed by atoms with E-state index in [1.165, 1.54) is 0 Å². The van der Waals surface area contributed by atoms with Crippen LogP contribution in [0.4, 0.5) is 11.4 Å². The monoisotopic (exact) mass is 472 g/mol. The molecule has 0 saturated carbocycles. The van der Waals surface area contributed by atoms with Crippen molar-refractivity contribution in [2.75, 3.05) is 23.4 Å². The lowest BCUT2D eigenvalue weighted by atomic mass is 10.0. The third kappa shape index (κ3) is 5.65. The second-order valence-corrected chi connectivity index (χ2v) is 9.12. The average molecular weight is 473 g/mol. The summed E-state index contributed by atoms with van der Waals surface area (Å²) in [4.78, 5) is 27.3. The second kappa shape index (κ2) is 10.6. The number of rotatable bonds is 8. The highest BCUT2D eigenvalue weighted by Crippen LogP contribution is 2.34. The fourth-order valence-electron chi connectivity index (χ4n) is 4.26. The molecule has 1 N–H and O–H groups in total. The van der Waals surface area contributed by atoms with E-state index < -0.39 is 5.92 Å². The van der Waals surface area contributed by atoms with Crippen LogP contribution in [-0.2, 0) is 9.59 Å². The Morgan fingerprint density at radius 3 is 2.51 bits per heavy atom. The van der Waals surface area contributed by atoms with E-state index in [2.05, 4.69) is 31.3 Å². The Hall–Kier alpha value is -3.80. The smallest absolute Gasteiger partial charge is 0.229 e. The van der Waals surface area contributed by atoms with Crippen LogP contribution in [0.3, 0.4) is 0 Å². The Morgan fingerprint density at radius 1 is 1.06 bits per heavy atom. The molecule has 6 nitrogen and oxygen atoms in total. The van der Waals surface area contributed by atoms with Crippen molar-refractivity contribution in [2.24, 2.45) is 5.92 Å². The molecular formula is C29H32N2O4. The van der Waals surface area contributed by atoms with Gasteiger partial charge in [-0.1, -0.05) is 38.1 Å². The van der Waals surface area contributed by atoms with Gasteiger partial charge in [-0.2, -0.15) is 0 Å². The van der Waals surface area contributed by atoms with Gasteiger partial charge in [-0.15, -0.1) is 0 Å². The van der Waals surface area contributed by atoms with Crippen molar-refractivity contribution < 1.29 is 19.1 Å². The van der Waals surface area contributed by atoms with Crippen molar-refractivity contribution in [2.45, 2.75) is 40.0 Å². The van der Waals surface area contributed by atoms with Gasteiger partial charge in [0, 0.05) is 18.7 Å². The third-order valence-corrected chi connectivity index (χ3v) is 6.09. The first kappa shape index (κ1) is 24.3. The number of hydrogen-bond donors (Lipinski definition) is 1. The molecule has 0 unspecified atom stereocenters. The van der Waals surface area contributed by atoms with Crippen LogP contribution in [0.25, 0.3) is 0 Å². The number of para-hydroxylation sites is 2. The van der Waals surface area contributed by atoms with Gasteiger partial charge in [0.2, 0.25) is 11.8 Å². The maximum atomic E-state index is 12.9. The number of nitrogens with one attached hydrogen (secondary N) is 1. The van der Waals surface area contributed by atoms with E-state index in [0.29, 0.717) is 41.9 Å². The van der Waals surface area contributed by atoms with Gasteiger partial charge < -0.3 is 19.7 Å². The Kier molecular flexibility index (Phi) is 7.39. The fourth-order valence-corrected chi connectivity index (χ4v) is 4.26. The molecule has 3 aromatic carbocycles. The van der Waals surface area contributed by atoms with Crippen molar-refractivity contribution >= 4 is 23.2 Å². The van der Waals surface area contributed by atoms with Gasteiger partial charge in [0.25, 0.3) is 0 Å². The number of aryl methyl sites for hydroxylation is 1. The minimum atomic E-state index is -0.436.